The van der Waals surface area contributed by atoms with Gasteiger partial charge >= 0.3 is 12.4 Å². The van der Waals surface area contributed by atoms with E-state index in [1.54, 1.807) is 16.8 Å². The first-order chi connectivity index (χ1) is 19.3. The predicted molar refractivity (Wildman–Crippen MR) is 133 cm³/mol. The smallest absolute Gasteiger partial charge is 0.422 e. The zero-order chi connectivity index (χ0) is 29.2. The highest BCUT2D eigenvalue weighted by Crippen LogP contribution is 2.53. The Kier molecular flexibility index (Phi) is 6.57. The molecule has 1 spiro atoms. The first-order valence-corrected chi connectivity index (χ1v) is 13.9. The fourth-order valence-corrected chi connectivity index (χ4v) is 6.42. The normalized spacial score (nSPS) is 23.0. The molecule has 41 heavy (non-hydrogen) atoms. The summed E-state index contributed by atoms with van der Waals surface area (Å²) in [4.78, 5) is 26.3. The van der Waals surface area contributed by atoms with Gasteiger partial charge < -0.3 is 15.4 Å². The molecule has 2 heterocycles. The van der Waals surface area contributed by atoms with Crippen molar-refractivity contribution in [2.75, 3.05) is 6.61 Å². The van der Waals surface area contributed by atoms with E-state index in [1.165, 1.54) is 6.07 Å². The Morgan fingerprint density at radius 3 is 2.54 bits per heavy atom. The molecule has 1 aromatic heterocycles. The van der Waals surface area contributed by atoms with Crippen molar-refractivity contribution in [3.8, 4) is 5.75 Å². The summed E-state index contributed by atoms with van der Waals surface area (Å²) in [5.41, 5.74) is -0.526. The monoisotopic (exact) mass is 584 g/mol. The Morgan fingerprint density at radius 1 is 1.15 bits per heavy atom. The maximum absolute atomic E-state index is 13.7. The van der Waals surface area contributed by atoms with Crippen molar-refractivity contribution < 1.29 is 40.7 Å². The number of hydrogen-bond donors (Lipinski definition) is 2. The molecule has 2 saturated carbocycles. The van der Waals surface area contributed by atoms with Crippen molar-refractivity contribution in [2.45, 2.75) is 88.8 Å². The second-order valence-corrected chi connectivity index (χ2v) is 11.8. The van der Waals surface area contributed by atoms with Crippen LogP contribution in [0.5, 0.6) is 5.75 Å². The summed E-state index contributed by atoms with van der Waals surface area (Å²) in [7, 11) is 0. The molecule has 1 aromatic carbocycles. The van der Waals surface area contributed by atoms with E-state index in [0.717, 1.165) is 30.4 Å². The second kappa shape index (κ2) is 9.65. The van der Waals surface area contributed by atoms with Gasteiger partial charge in [-0.3, -0.25) is 14.3 Å². The van der Waals surface area contributed by atoms with Gasteiger partial charge in [0.05, 0.1) is 29.0 Å². The van der Waals surface area contributed by atoms with Gasteiger partial charge in [0, 0.05) is 13.0 Å². The van der Waals surface area contributed by atoms with Crippen LogP contribution < -0.4 is 15.4 Å². The maximum atomic E-state index is 13.7. The molecule has 0 bridgehead atoms. The molecule has 1 atom stereocenters. The number of carbonyl (C=O) groups excluding carboxylic acids is 2. The summed E-state index contributed by atoms with van der Waals surface area (Å²) in [6.45, 7) is -1.18. The minimum atomic E-state index is -4.65. The van der Waals surface area contributed by atoms with E-state index in [2.05, 4.69) is 10.6 Å². The van der Waals surface area contributed by atoms with E-state index in [0.29, 0.717) is 49.5 Å². The van der Waals surface area contributed by atoms with Gasteiger partial charge in [0.2, 0.25) is 5.91 Å². The topological polar surface area (TPSA) is 85.2 Å². The van der Waals surface area contributed by atoms with Crippen LogP contribution in [0.3, 0.4) is 0 Å². The average Bonchev–Trinajstić information content (AvgIpc) is 3.53. The minimum Gasteiger partial charge on any atom is -0.484 e. The summed E-state index contributed by atoms with van der Waals surface area (Å²) in [6, 6.07) is 4.68. The van der Waals surface area contributed by atoms with Gasteiger partial charge in [-0.15, -0.1) is 0 Å². The van der Waals surface area contributed by atoms with Gasteiger partial charge in [0.1, 0.15) is 11.2 Å². The van der Waals surface area contributed by atoms with Gasteiger partial charge in [-0.2, -0.15) is 31.4 Å². The number of aryl methyl sites for hydroxylation is 2. The SMILES string of the molecule is O=C1N[C@@]2(CCc3cc(OCC(F)(F)F)ccc32)Cc2nn(CCC3CC3)c(CNC(=O)C3(C(F)(F)F)CCC3)c21. The number of alkyl halides is 6. The molecule has 2 N–H and O–H groups in total. The number of amides is 2. The van der Waals surface area contributed by atoms with Crippen LogP contribution in [0.1, 0.15) is 77.8 Å². The summed E-state index contributed by atoms with van der Waals surface area (Å²) in [6.07, 6.45) is -4.98. The molecule has 222 valence electrons. The van der Waals surface area contributed by atoms with E-state index in [4.69, 9.17) is 9.84 Å². The average molecular weight is 585 g/mol. The third kappa shape index (κ3) is 5.05. The molecule has 13 heteroatoms. The minimum absolute atomic E-state index is 0.0893. The van der Waals surface area contributed by atoms with Crippen LogP contribution in [0, 0.1) is 11.3 Å². The third-order valence-corrected chi connectivity index (χ3v) is 9.04. The molecule has 3 aliphatic carbocycles. The van der Waals surface area contributed by atoms with Crippen molar-refractivity contribution in [3.05, 3.63) is 46.3 Å². The highest BCUT2D eigenvalue weighted by Gasteiger charge is 2.63. The quantitative estimate of drug-likeness (QED) is 0.423. The van der Waals surface area contributed by atoms with Crippen LogP contribution in [-0.2, 0) is 36.3 Å². The van der Waals surface area contributed by atoms with Crippen LogP contribution in [-0.4, -0.2) is 40.6 Å². The van der Waals surface area contributed by atoms with Crippen LogP contribution in [0.2, 0.25) is 0 Å². The second-order valence-electron chi connectivity index (χ2n) is 11.8. The summed E-state index contributed by atoms with van der Waals surface area (Å²) in [5, 5.41) is 10.3. The van der Waals surface area contributed by atoms with Crippen LogP contribution >= 0.6 is 0 Å². The van der Waals surface area contributed by atoms with E-state index < -0.39 is 41.7 Å². The van der Waals surface area contributed by atoms with E-state index in [9.17, 15) is 35.9 Å². The van der Waals surface area contributed by atoms with E-state index in [-0.39, 0.29) is 30.7 Å². The molecule has 2 aromatic rings. The third-order valence-electron chi connectivity index (χ3n) is 9.04. The van der Waals surface area contributed by atoms with Crippen LogP contribution in [0.25, 0.3) is 0 Å². The van der Waals surface area contributed by atoms with Gasteiger partial charge in [-0.25, -0.2) is 0 Å². The number of nitrogens with one attached hydrogen (secondary N) is 2. The first-order valence-electron chi connectivity index (χ1n) is 13.9. The number of ether oxygens (including phenoxy) is 1. The molecular formula is C28H30F6N4O3. The molecule has 4 aliphatic rings. The number of hydrogen-bond acceptors (Lipinski definition) is 4. The lowest BCUT2D eigenvalue weighted by Gasteiger charge is -2.41. The van der Waals surface area contributed by atoms with Crippen LogP contribution in [0.15, 0.2) is 18.2 Å². The van der Waals surface area contributed by atoms with Gasteiger partial charge in [0.15, 0.2) is 6.61 Å². The standard InChI is InChI=1S/C28H30F6N4O3/c29-27(30,31)15-41-18-4-5-19-17(12-18)6-10-26(19)13-20-22(23(39)36-26)21(38(37-20)11-7-16-2-3-16)14-35-24(40)25(8-1-9-25)28(32,33)34/h4-5,12,16H,1-3,6-11,13-15H2,(H,35,40)(H,36,39)/t26-/m0/s1. The lowest BCUT2D eigenvalue weighted by atomic mass is 9.67. The van der Waals surface area contributed by atoms with E-state index >= 15 is 0 Å². The number of halogens is 6. The lowest BCUT2D eigenvalue weighted by Crippen LogP contribution is -2.55. The fourth-order valence-electron chi connectivity index (χ4n) is 6.42. The number of benzene rings is 1. The molecule has 6 rings (SSSR count). The molecule has 2 fully saturated rings. The first kappa shape index (κ1) is 27.9. The molecule has 1 aliphatic heterocycles. The Hall–Kier alpha value is -3.25. The number of rotatable bonds is 8. The molecule has 2 amide bonds. The zero-order valence-corrected chi connectivity index (χ0v) is 22.2. The van der Waals surface area contributed by atoms with Crippen molar-refractivity contribution >= 4 is 11.8 Å². The largest absolute Gasteiger partial charge is 0.484 e. The number of nitrogens with zero attached hydrogens (tertiary/aromatic N) is 2. The molecular weight excluding hydrogens is 554 g/mol. The van der Waals surface area contributed by atoms with E-state index in [1.807, 2.05) is 0 Å². The molecule has 0 saturated heterocycles. The van der Waals surface area contributed by atoms with Gasteiger partial charge in [-0.05, 0) is 61.3 Å². The summed E-state index contributed by atoms with van der Waals surface area (Å²) >= 11 is 0. The highest BCUT2D eigenvalue weighted by atomic mass is 19.4. The Bertz CT molecular complexity index is 1380. The predicted octanol–water partition coefficient (Wildman–Crippen LogP) is 5.10. The van der Waals surface area contributed by atoms with Crippen molar-refractivity contribution in [1.29, 1.82) is 0 Å². The van der Waals surface area contributed by atoms with Crippen molar-refractivity contribution in [2.24, 2.45) is 11.3 Å². The summed E-state index contributed by atoms with van der Waals surface area (Å²) < 4.78 is 85.5. The Morgan fingerprint density at radius 2 is 1.90 bits per heavy atom. The van der Waals surface area contributed by atoms with Gasteiger partial charge in [-0.1, -0.05) is 25.3 Å². The number of carbonyl (C=O) groups is 2. The van der Waals surface area contributed by atoms with Gasteiger partial charge in [0.25, 0.3) is 5.91 Å². The molecule has 7 nitrogen and oxygen atoms in total. The Labute approximate surface area is 232 Å². The fraction of sp³-hybridized carbons (Fsp3) is 0.607. The van der Waals surface area contributed by atoms with Crippen molar-refractivity contribution in [1.82, 2.24) is 20.4 Å². The van der Waals surface area contributed by atoms with Crippen LogP contribution in [0.4, 0.5) is 26.3 Å². The zero-order valence-electron chi connectivity index (χ0n) is 22.2. The van der Waals surface area contributed by atoms with Crippen molar-refractivity contribution in [3.63, 3.8) is 0 Å². The molecule has 0 radical (unpaired) electrons. The lowest BCUT2D eigenvalue weighted by molar-refractivity contribution is -0.243. The number of aromatic nitrogens is 2. The summed E-state index contributed by atoms with van der Waals surface area (Å²) in [5.74, 6) is -0.891. The highest BCUT2D eigenvalue weighted by molar-refractivity contribution is 5.98. The molecule has 0 unspecified atom stereocenters. The Balaban J connectivity index is 1.26. The maximum Gasteiger partial charge on any atom is 0.422 e. The number of fused-ring (bicyclic) bond motifs is 3.